The van der Waals surface area contributed by atoms with Gasteiger partial charge in [-0.3, -0.25) is 9.69 Å². The van der Waals surface area contributed by atoms with Crippen LogP contribution in [-0.4, -0.2) is 58.6 Å². The van der Waals surface area contributed by atoms with Crippen molar-refractivity contribution in [3.05, 3.63) is 17.8 Å². The molecule has 0 radical (unpaired) electrons. The van der Waals surface area contributed by atoms with Crippen LogP contribution in [0.3, 0.4) is 0 Å². The Labute approximate surface area is 113 Å². The fraction of sp³-hybridized carbons (Fsp3) is 0.615. The van der Waals surface area contributed by atoms with Gasteiger partial charge in [0.2, 0.25) is 0 Å². The molecule has 0 atom stereocenters. The van der Waals surface area contributed by atoms with Crippen LogP contribution in [0.4, 0.5) is 5.82 Å². The molecule has 6 nitrogen and oxygen atoms in total. The van der Waals surface area contributed by atoms with E-state index in [1.54, 1.807) is 12.1 Å². The van der Waals surface area contributed by atoms with E-state index in [1.165, 1.54) is 0 Å². The van der Waals surface area contributed by atoms with Gasteiger partial charge < -0.3 is 10.6 Å². The maximum atomic E-state index is 12.2. The Morgan fingerprint density at radius 3 is 2.47 bits per heavy atom. The molecule has 0 saturated carbocycles. The lowest BCUT2D eigenvalue weighted by Crippen LogP contribution is -2.49. The fourth-order valence-electron chi connectivity index (χ4n) is 2.27. The van der Waals surface area contributed by atoms with Gasteiger partial charge in [-0.25, -0.2) is 0 Å². The number of amides is 1. The van der Waals surface area contributed by atoms with Crippen molar-refractivity contribution in [3.63, 3.8) is 0 Å². The molecule has 0 spiro atoms. The second-order valence-electron chi connectivity index (χ2n) is 5.33. The number of nitrogens with zero attached hydrogens (tertiary/aromatic N) is 4. The van der Waals surface area contributed by atoms with Crippen molar-refractivity contribution in [3.8, 4) is 0 Å². The van der Waals surface area contributed by atoms with Crippen molar-refractivity contribution in [2.24, 2.45) is 5.92 Å². The number of piperazine rings is 1. The molecule has 1 aromatic heterocycles. The normalized spacial score (nSPS) is 16.9. The molecule has 104 valence electrons. The van der Waals surface area contributed by atoms with Gasteiger partial charge in [0, 0.05) is 32.7 Å². The summed E-state index contributed by atoms with van der Waals surface area (Å²) < 4.78 is 0. The molecule has 0 aliphatic carbocycles. The van der Waals surface area contributed by atoms with E-state index in [0.717, 1.165) is 32.7 Å². The number of hydrogen-bond donors (Lipinski definition) is 1. The van der Waals surface area contributed by atoms with Crippen LogP contribution in [0.15, 0.2) is 12.1 Å². The van der Waals surface area contributed by atoms with E-state index in [2.05, 4.69) is 28.9 Å². The Morgan fingerprint density at radius 1 is 1.26 bits per heavy atom. The number of aromatic nitrogens is 2. The Hall–Kier alpha value is -1.69. The largest absolute Gasteiger partial charge is 0.382 e. The summed E-state index contributed by atoms with van der Waals surface area (Å²) in [5.74, 6) is 0.931. The number of hydrogen-bond acceptors (Lipinski definition) is 5. The van der Waals surface area contributed by atoms with Crippen molar-refractivity contribution < 1.29 is 4.79 Å². The molecule has 0 bridgehead atoms. The lowest BCUT2D eigenvalue weighted by atomic mass is 10.2. The number of anilines is 1. The molecule has 2 heterocycles. The summed E-state index contributed by atoms with van der Waals surface area (Å²) in [5.41, 5.74) is 5.83. The lowest BCUT2D eigenvalue weighted by molar-refractivity contribution is 0.0617. The van der Waals surface area contributed by atoms with Gasteiger partial charge in [0.1, 0.15) is 5.82 Å². The van der Waals surface area contributed by atoms with Gasteiger partial charge in [-0.05, 0) is 18.1 Å². The summed E-state index contributed by atoms with van der Waals surface area (Å²) in [6.07, 6.45) is 0. The van der Waals surface area contributed by atoms with E-state index in [0.29, 0.717) is 17.4 Å². The average molecular weight is 263 g/mol. The third-order valence-electron chi connectivity index (χ3n) is 3.19. The highest BCUT2D eigenvalue weighted by Crippen LogP contribution is 2.09. The molecular weight excluding hydrogens is 242 g/mol. The van der Waals surface area contributed by atoms with Crippen LogP contribution < -0.4 is 5.73 Å². The molecule has 1 aliphatic heterocycles. The highest BCUT2D eigenvalue weighted by Gasteiger charge is 2.23. The van der Waals surface area contributed by atoms with E-state index in [4.69, 9.17) is 5.73 Å². The van der Waals surface area contributed by atoms with Crippen LogP contribution in [-0.2, 0) is 0 Å². The zero-order valence-corrected chi connectivity index (χ0v) is 11.5. The minimum Gasteiger partial charge on any atom is -0.382 e. The van der Waals surface area contributed by atoms with Crippen LogP contribution in [0, 0.1) is 5.92 Å². The maximum absolute atomic E-state index is 12.2. The number of rotatable bonds is 3. The van der Waals surface area contributed by atoms with Gasteiger partial charge in [-0.15, -0.1) is 10.2 Å². The van der Waals surface area contributed by atoms with E-state index in [1.807, 2.05) is 4.90 Å². The Morgan fingerprint density at radius 2 is 1.95 bits per heavy atom. The first-order valence-corrected chi connectivity index (χ1v) is 6.67. The molecule has 1 aromatic rings. The summed E-state index contributed by atoms with van der Waals surface area (Å²) in [7, 11) is 0. The third-order valence-corrected chi connectivity index (χ3v) is 3.19. The Balaban J connectivity index is 1.90. The molecule has 1 aliphatic rings. The molecule has 1 saturated heterocycles. The molecular formula is C13H21N5O. The monoisotopic (exact) mass is 263 g/mol. The quantitative estimate of drug-likeness (QED) is 0.858. The summed E-state index contributed by atoms with van der Waals surface area (Å²) in [5, 5.41) is 7.56. The van der Waals surface area contributed by atoms with Gasteiger partial charge in [0.05, 0.1) is 0 Å². The summed E-state index contributed by atoms with van der Waals surface area (Å²) in [6.45, 7) is 8.85. The van der Waals surface area contributed by atoms with Crippen molar-refractivity contribution in [1.82, 2.24) is 20.0 Å². The summed E-state index contributed by atoms with van der Waals surface area (Å²) in [4.78, 5) is 16.4. The number of carbonyl (C=O) groups excluding carboxylic acids is 1. The minimum absolute atomic E-state index is 0.0586. The minimum atomic E-state index is -0.0586. The Bertz CT molecular complexity index is 423. The molecule has 1 fully saturated rings. The van der Waals surface area contributed by atoms with Crippen LogP contribution in [0.5, 0.6) is 0 Å². The molecule has 2 N–H and O–H groups in total. The first-order chi connectivity index (χ1) is 9.06. The number of carbonyl (C=O) groups is 1. The maximum Gasteiger partial charge on any atom is 0.274 e. The molecule has 2 rings (SSSR count). The highest BCUT2D eigenvalue weighted by molar-refractivity contribution is 5.92. The van der Waals surface area contributed by atoms with Gasteiger partial charge >= 0.3 is 0 Å². The number of nitrogen functional groups attached to an aromatic ring is 1. The fourth-order valence-corrected chi connectivity index (χ4v) is 2.27. The predicted octanol–water partition coefficient (Wildman–Crippen LogP) is 0.473. The van der Waals surface area contributed by atoms with Crippen molar-refractivity contribution >= 4 is 11.7 Å². The lowest BCUT2D eigenvalue weighted by Gasteiger charge is -2.35. The van der Waals surface area contributed by atoms with Crippen molar-refractivity contribution in [1.29, 1.82) is 0 Å². The highest BCUT2D eigenvalue weighted by atomic mass is 16.2. The van der Waals surface area contributed by atoms with Gasteiger partial charge in [-0.1, -0.05) is 13.8 Å². The predicted molar refractivity (Wildman–Crippen MR) is 73.6 cm³/mol. The van der Waals surface area contributed by atoms with E-state index < -0.39 is 0 Å². The van der Waals surface area contributed by atoms with E-state index >= 15 is 0 Å². The molecule has 1 amide bonds. The van der Waals surface area contributed by atoms with Crippen LogP contribution >= 0.6 is 0 Å². The SMILES string of the molecule is CC(C)CN1CCN(C(=O)c2ccc(N)nn2)CC1. The first kappa shape index (κ1) is 13.7. The van der Waals surface area contributed by atoms with E-state index in [9.17, 15) is 4.79 Å². The van der Waals surface area contributed by atoms with Crippen LogP contribution in [0.2, 0.25) is 0 Å². The molecule has 0 unspecified atom stereocenters. The van der Waals surface area contributed by atoms with Gasteiger partial charge in [0.15, 0.2) is 5.69 Å². The van der Waals surface area contributed by atoms with Gasteiger partial charge in [-0.2, -0.15) is 0 Å². The average Bonchev–Trinajstić information content (AvgIpc) is 2.39. The third kappa shape index (κ3) is 3.64. The molecule has 6 heteroatoms. The second kappa shape index (κ2) is 5.97. The summed E-state index contributed by atoms with van der Waals surface area (Å²) in [6, 6.07) is 3.24. The zero-order chi connectivity index (χ0) is 13.8. The second-order valence-corrected chi connectivity index (χ2v) is 5.33. The topological polar surface area (TPSA) is 75.3 Å². The van der Waals surface area contributed by atoms with Crippen LogP contribution in [0.1, 0.15) is 24.3 Å². The Kier molecular flexibility index (Phi) is 4.31. The van der Waals surface area contributed by atoms with Crippen molar-refractivity contribution in [2.75, 3.05) is 38.5 Å². The first-order valence-electron chi connectivity index (χ1n) is 6.67. The standard InChI is InChI=1S/C13H21N5O/c1-10(2)9-17-5-7-18(8-6-17)13(19)11-3-4-12(14)16-15-11/h3-4,10H,5-9H2,1-2H3,(H2,14,16). The van der Waals surface area contributed by atoms with Gasteiger partial charge in [0.25, 0.3) is 5.91 Å². The van der Waals surface area contributed by atoms with E-state index in [-0.39, 0.29) is 5.91 Å². The molecule has 0 aromatic carbocycles. The summed E-state index contributed by atoms with van der Waals surface area (Å²) >= 11 is 0. The van der Waals surface area contributed by atoms with Crippen LogP contribution in [0.25, 0.3) is 0 Å². The zero-order valence-electron chi connectivity index (χ0n) is 11.5. The number of nitrogens with two attached hydrogens (primary N) is 1. The smallest absolute Gasteiger partial charge is 0.274 e. The van der Waals surface area contributed by atoms with Crippen molar-refractivity contribution in [2.45, 2.75) is 13.8 Å². The molecule has 19 heavy (non-hydrogen) atoms.